The van der Waals surface area contributed by atoms with Gasteiger partial charge in [-0.2, -0.15) is 4.98 Å². The highest BCUT2D eigenvalue weighted by Gasteiger charge is 2.35. The number of aromatic nitrogens is 2. The van der Waals surface area contributed by atoms with E-state index in [2.05, 4.69) is 11.6 Å². The molecule has 0 saturated carbocycles. The lowest BCUT2D eigenvalue weighted by Gasteiger charge is -2.39. The maximum Gasteiger partial charge on any atom is 0.350 e. The number of aryl methyl sites for hydroxylation is 1. The number of hydrogen-bond donors (Lipinski definition) is 0. The molecular weight excluding hydrogens is 563 g/mol. The summed E-state index contributed by atoms with van der Waals surface area (Å²) in [5.74, 6) is -0.730. The summed E-state index contributed by atoms with van der Waals surface area (Å²) in [6, 6.07) is 3.68. The van der Waals surface area contributed by atoms with Crippen LogP contribution in [0.5, 0.6) is 0 Å². The fourth-order valence-electron chi connectivity index (χ4n) is 5.87. The number of alkyl halides is 1. The number of hydrogen-bond acceptors (Lipinski definition) is 6. The molecule has 1 unspecified atom stereocenters. The monoisotopic (exact) mass is 589 g/mol. The van der Waals surface area contributed by atoms with Gasteiger partial charge in [0.1, 0.15) is 23.6 Å². The average Bonchev–Trinajstić information content (AvgIpc) is 2.92. The number of halogens is 4. The van der Waals surface area contributed by atoms with Crippen molar-refractivity contribution in [3.05, 3.63) is 63.6 Å². The van der Waals surface area contributed by atoms with E-state index in [1.54, 1.807) is 9.47 Å². The topological polar surface area (TPSA) is 61.7 Å². The highest BCUT2D eigenvalue weighted by atomic mass is 35.5. The lowest BCUT2D eigenvalue weighted by atomic mass is 9.96. The molecule has 1 amide bonds. The van der Waals surface area contributed by atoms with Gasteiger partial charge in [0.15, 0.2) is 0 Å². The maximum atomic E-state index is 15.2. The van der Waals surface area contributed by atoms with Gasteiger partial charge in [-0.3, -0.25) is 14.3 Å². The molecule has 0 radical (unpaired) electrons. The Balaban J connectivity index is 1.53. The second-order valence-electron chi connectivity index (χ2n) is 10.4. The molecule has 6 rings (SSSR count). The molecule has 0 spiro atoms. The Morgan fingerprint density at radius 3 is 2.58 bits per heavy atom. The highest BCUT2D eigenvalue weighted by molar-refractivity contribution is 7.99. The van der Waals surface area contributed by atoms with Gasteiger partial charge in [-0.25, -0.2) is 18.0 Å². The summed E-state index contributed by atoms with van der Waals surface area (Å²) in [6.07, 6.45) is 0.419. The second kappa shape index (κ2) is 10.4. The predicted octanol–water partition coefficient (Wildman–Crippen LogP) is 4.44. The maximum absolute atomic E-state index is 15.2. The number of amides is 1. The third kappa shape index (κ3) is 4.57. The molecule has 12 heteroatoms. The number of carbonyl (C=O) groups is 1. The highest BCUT2D eigenvalue weighted by Crippen LogP contribution is 2.47. The minimum Gasteiger partial charge on any atom is -0.352 e. The minimum absolute atomic E-state index is 0.147. The molecule has 2 saturated heterocycles. The minimum atomic E-state index is -0.868. The van der Waals surface area contributed by atoms with Gasteiger partial charge in [0.05, 0.1) is 16.6 Å². The van der Waals surface area contributed by atoms with E-state index in [-0.39, 0.29) is 22.5 Å². The Morgan fingerprint density at radius 2 is 1.90 bits per heavy atom. The second-order valence-corrected chi connectivity index (χ2v) is 11.9. The average molecular weight is 590 g/mol. The van der Waals surface area contributed by atoms with Crippen LogP contribution in [0.15, 0.2) is 40.5 Å². The van der Waals surface area contributed by atoms with Gasteiger partial charge < -0.3 is 9.80 Å². The van der Waals surface area contributed by atoms with E-state index in [0.29, 0.717) is 73.4 Å². The largest absolute Gasteiger partial charge is 0.352 e. The van der Waals surface area contributed by atoms with Crippen LogP contribution < -0.4 is 10.6 Å². The molecule has 4 heterocycles. The first-order valence-electron chi connectivity index (χ1n) is 13.1. The van der Waals surface area contributed by atoms with Gasteiger partial charge in [0.25, 0.3) is 0 Å². The molecule has 40 heavy (non-hydrogen) atoms. The molecule has 1 aromatic heterocycles. The van der Waals surface area contributed by atoms with Crippen LogP contribution in [0.2, 0.25) is 5.02 Å². The number of rotatable bonds is 5. The van der Waals surface area contributed by atoms with Gasteiger partial charge in [-0.15, -0.1) is 11.8 Å². The van der Waals surface area contributed by atoms with Gasteiger partial charge in [-0.05, 0) is 30.7 Å². The van der Waals surface area contributed by atoms with Crippen LogP contribution >= 0.6 is 23.4 Å². The summed E-state index contributed by atoms with van der Waals surface area (Å²) >= 11 is 7.57. The van der Waals surface area contributed by atoms with Crippen molar-refractivity contribution in [3.8, 4) is 11.1 Å². The summed E-state index contributed by atoms with van der Waals surface area (Å²) in [6.45, 7) is 8.41. The first-order chi connectivity index (χ1) is 19.2. The smallest absolute Gasteiger partial charge is 0.350 e. The Labute approximate surface area is 238 Å². The Morgan fingerprint density at radius 1 is 1.18 bits per heavy atom. The number of anilines is 1. The lowest BCUT2D eigenvalue weighted by molar-refractivity contribution is -0.126. The summed E-state index contributed by atoms with van der Waals surface area (Å²) < 4.78 is 44.4. The number of carbonyl (C=O) groups excluding carboxylic acids is 1. The van der Waals surface area contributed by atoms with Crippen molar-refractivity contribution in [2.45, 2.75) is 24.0 Å². The van der Waals surface area contributed by atoms with Crippen molar-refractivity contribution in [2.75, 3.05) is 56.5 Å². The van der Waals surface area contributed by atoms with Gasteiger partial charge in [0.2, 0.25) is 5.91 Å². The standard InChI is InChI=1S/C28H27ClF3N5O2S/c1-3-23(38)35-4-6-36(7-5-35)27-19-8-15(2)24(18-9-20(29)22(32)10-21(18)31)26-25(19)37(28(39)33-27)17(14-40-26)13-34-11-16(30)12-34/h3,8-10,16-17H,1,4-7,11-14H2,2H3. The van der Waals surface area contributed by atoms with E-state index < -0.39 is 23.5 Å². The van der Waals surface area contributed by atoms with Crippen molar-refractivity contribution < 1.29 is 18.0 Å². The molecule has 7 nitrogen and oxygen atoms in total. The lowest BCUT2D eigenvalue weighted by Crippen LogP contribution is -2.52. The number of thioether (sulfide) groups is 1. The van der Waals surface area contributed by atoms with E-state index in [9.17, 15) is 18.4 Å². The van der Waals surface area contributed by atoms with Crippen LogP contribution in [-0.2, 0) is 4.79 Å². The predicted molar refractivity (Wildman–Crippen MR) is 151 cm³/mol. The molecule has 0 aliphatic carbocycles. The zero-order valence-electron chi connectivity index (χ0n) is 21.8. The Hall–Kier alpha value is -3.02. The zero-order chi connectivity index (χ0) is 28.3. The molecule has 0 bridgehead atoms. The molecule has 1 atom stereocenters. The Kier molecular flexibility index (Phi) is 7.08. The van der Waals surface area contributed by atoms with Crippen molar-refractivity contribution in [1.82, 2.24) is 19.4 Å². The van der Waals surface area contributed by atoms with Gasteiger partial charge >= 0.3 is 5.69 Å². The molecule has 210 valence electrons. The van der Waals surface area contributed by atoms with Crippen LogP contribution in [0.1, 0.15) is 11.6 Å². The summed E-state index contributed by atoms with van der Waals surface area (Å²) in [4.78, 5) is 36.7. The SMILES string of the molecule is C=CC(=O)N1CCN(c2nc(=O)n3c4c(c(-c5cc(Cl)c(F)cc5F)c(C)cc24)SCC3CN2CC(F)C2)CC1. The van der Waals surface area contributed by atoms with E-state index in [0.717, 1.165) is 17.0 Å². The third-order valence-corrected chi connectivity index (χ3v) is 9.38. The van der Waals surface area contributed by atoms with Crippen molar-refractivity contribution >= 4 is 46.0 Å². The molecule has 3 aromatic rings. The molecule has 2 fully saturated rings. The number of benzene rings is 2. The van der Waals surface area contributed by atoms with Crippen LogP contribution in [-0.4, -0.2) is 83.0 Å². The summed E-state index contributed by atoms with van der Waals surface area (Å²) in [7, 11) is 0. The first-order valence-corrected chi connectivity index (χ1v) is 14.4. The van der Waals surface area contributed by atoms with Crippen molar-refractivity contribution in [3.63, 3.8) is 0 Å². The fraction of sp³-hybridized carbons (Fsp3) is 0.393. The van der Waals surface area contributed by atoms with E-state index in [1.807, 2.05) is 22.8 Å². The third-order valence-electron chi connectivity index (χ3n) is 7.85. The van der Waals surface area contributed by atoms with E-state index in [1.165, 1.54) is 23.9 Å². The fourth-order valence-corrected chi connectivity index (χ4v) is 7.40. The Bertz CT molecular complexity index is 1600. The van der Waals surface area contributed by atoms with Crippen LogP contribution in [0, 0.1) is 18.6 Å². The molecule has 3 aliphatic rings. The molecular formula is C28H27ClF3N5O2S. The quantitative estimate of drug-likeness (QED) is 0.324. The number of piperazine rings is 1. The van der Waals surface area contributed by atoms with E-state index in [4.69, 9.17) is 11.6 Å². The van der Waals surface area contributed by atoms with Crippen molar-refractivity contribution in [1.29, 1.82) is 0 Å². The number of likely N-dealkylation sites (tertiary alicyclic amines) is 1. The first kappa shape index (κ1) is 27.2. The van der Waals surface area contributed by atoms with Crippen molar-refractivity contribution in [2.24, 2.45) is 0 Å². The molecule has 0 N–H and O–H groups in total. The summed E-state index contributed by atoms with van der Waals surface area (Å²) in [5.41, 5.74) is 1.62. The van der Waals surface area contributed by atoms with Gasteiger partial charge in [0, 0.05) is 79.0 Å². The molecule has 2 aromatic carbocycles. The van der Waals surface area contributed by atoms with Crippen LogP contribution in [0.4, 0.5) is 19.0 Å². The summed E-state index contributed by atoms with van der Waals surface area (Å²) in [5, 5.41) is 0.539. The zero-order valence-corrected chi connectivity index (χ0v) is 23.4. The van der Waals surface area contributed by atoms with Crippen LogP contribution in [0.25, 0.3) is 22.0 Å². The number of nitrogens with zero attached hydrogens (tertiary/aromatic N) is 5. The molecule has 3 aliphatic heterocycles. The van der Waals surface area contributed by atoms with Gasteiger partial charge in [-0.1, -0.05) is 18.2 Å². The van der Waals surface area contributed by atoms with E-state index >= 15 is 4.39 Å². The van der Waals surface area contributed by atoms with Crippen LogP contribution in [0.3, 0.4) is 0 Å². The normalized spacial score (nSPS) is 19.7.